The van der Waals surface area contributed by atoms with Crippen LogP contribution in [0.1, 0.15) is 31.2 Å². The first-order valence-corrected chi connectivity index (χ1v) is 6.42. The molecule has 0 amide bonds. The van der Waals surface area contributed by atoms with Crippen molar-refractivity contribution < 1.29 is 9.53 Å². The van der Waals surface area contributed by atoms with Gasteiger partial charge < -0.3 is 9.72 Å². The molecule has 1 N–H and O–H groups in total. The Balaban J connectivity index is 1.96. The average Bonchev–Trinajstić information content (AvgIpc) is 3.10. The smallest absolute Gasteiger partial charge is 0.136 e. The zero-order valence-corrected chi connectivity index (χ0v) is 10.7. The minimum absolute atomic E-state index is 0.236. The van der Waals surface area contributed by atoms with E-state index in [0.717, 1.165) is 17.7 Å². The monoisotopic (exact) mass is 243 g/mol. The fraction of sp³-hybridized carbons (Fsp3) is 0.400. The van der Waals surface area contributed by atoms with Gasteiger partial charge in [-0.05, 0) is 36.1 Å². The molecule has 2 atom stereocenters. The highest BCUT2D eigenvalue weighted by Crippen LogP contribution is 2.50. The predicted octanol–water partition coefficient (Wildman–Crippen LogP) is 3.26. The van der Waals surface area contributed by atoms with Gasteiger partial charge in [-0.3, -0.25) is 4.79 Å². The molecule has 1 aromatic carbocycles. The van der Waals surface area contributed by atoms with E-state index in [4.69, 9.17) is 4.74 Å². The van der Waals surface area contributed by atoms with E-state index < -0.39 is 0 Å². The van der Waals surface area contributed by atoms with Crippen LogP contribution in [-0.4, -0.2) is 17.9 Å². The van der Waals surface area contributed by atoms with Crippen LogP contribution in [-0.2, 0) is 4.79 Å². The quantitative estimate of drug-likeness (QED) is 0.895. The second-order valence-electron chi connectivity index (χ2n) is 4.92. The van der Waals surface area contributed by atoms with E-state index in [0.29, 0.717) is 18.1 Å². The summed E-state index contributed by atoms with van der Waals surface area (Å²) in [7, 11) is 1.67. The largest absolute Gasteiger partial charge is 0.497 e. The third-order valence-corrected chi connectivity index (χ3v) is 3.87. The van der Waals surface area contributed by atoms with Gasteiger partial charge in [0, 0.05) is 29.4 Å². The van der Waals surface area contributed by atoms with Gasteiger partial charge in [-0.15, -0.1) is 0 Å². The predicted molar refractivity (Wildman–Crippen MR) is 71.0 cm³/mol. The molecular formula is C15H17NO2. The molecule has 0 radical (unpaired) electrons. The van der Waals surface area contributed by atoms with Crippen LogP contribution in [0.4, 0.5) is 0 Å². The van der Waals surface area contributed by atoms with Gasteiger partial charge in [0.05, 0.1) is 7.11 Å². The number of carbonyl (C=O) groups excluding carboxylic acids is 1. The highest BCUT2D eigenvalue weighted by Gasteiger charge is 2.43. The minimum Gasteiger partial charge on any atom is -0.497 e. The minimum atomic E-state index is 0.236. The molecule has 1 fully saturated rings. The summed E-state index contributed by atoms with van der Waals surface area (Å²) in [6, 6.07) is 6.02. The molecular weight excluding hydrogens is 226 g/mol. The number of aromatic amines is 1. The number of ether oxygens (including phenoxy) is 1. The molecule has 0 aliphatic heterocycles. The zero-order valence-electron chi connectivity index (χ0n) is 10.7. The SMILES string of the molecule is CCC(=O)C1CC1c1c[nH]c2ccc(OC)cc12. The fourth-order valence-corrected chi connectivity index (χ4v) is 2.71. The maximum absolute atomic E-state index is 11.7. The number of carbonyl (C=O) groups is 1. The van der Waals surface area contributed by atoms with Gasteiger partial charge in [0.2, 0.25) is 0 Å². The first-order chi connectivity index (χ1) is 8.74. The summed E-state index contributed by atoms with van der Waals surface area (Å²) in [5.41, 5.74) is 2.37. The lowest BCUT2D eigenvalue weighted by Crippen LogP contribution is -1.98. The van der Waals surface area contributed by atoms with Gasteiger partial charge in [-0.1, -0.05) is 6.92 Å². The van der Waals surface area contributed by atoms with E-state index in [1.807, 2.05) is 31.3 Å². The number of ketones is 1. The first kappa shape index (κ1) is 11.3. The topological polar surface area (TPSA) is 42.1 Å². The highest BCUT2D eigenvalue weighted by atomic mass is 16.5. The summed E-state index contributed by atoms with van der Waals surface area (Å²) < 4.78 is 5.26. The van der Waals surface area contributed by atoms with Crippen molar-refractivity contribution in [2.75, 3.05) is 7.11 Å². The third kappa shape index (κ3) is 1.70. The summed E-state index contributed by atoms with van der Waals surface area (Å²) in [5.74, 6) is 1.89. The number of rotatable bonds is 4. The van der Waals surface area contributed by atoms with Gasteiger partial charge in [-0.25, -0.2) is 0 Å². The molecule has 1 aliphatic carbocycles. The van der Waals surface area contributed by atoms with Crippen molar-refractivity contribution in [2.24, 2.45) is 5.92 Å². The Morgan fingerprint density at radius 2 is 2.33 bits per heavy atom. The summed E-state index contributed by atoms with van der Waals surface area (Å²) in [6.45, 7) is 1.94. The molecule has 2 aromatic rings. The Bertz CT molecular complexity index is 600. The van der Waals surface area contributed by atoms with E-state index in [-0.39, 0.29) is 5.92 Å². The van der Waals surface area contributed by atoms with Gasteiger partial charge in [0.15, 0.2) is 0 Å². The molecule has 3 heteroatoms. The van der Waals surface area contributed by atoms with Crippen molar-refractivity contribution >= 4 is 16.7 Å². The van der Waals surface area contributed by atoms with Gasteiger partial charge in [0.1, 0.15) is 11.5 Å². The Kier molecular flexibility index (Phi) is 2.62. The van der Waals surface area contributed by atoms with Crippen LogP contribution in [0.25, 0.3) is 10.9 Å². The Morgan fingerprint density at radius 1 is 1.50 bits per heavy atom. The molecule has 1 saturated carbocycles. The molecule has 1 aliphatic rings. The lowest BCUT2D eigenvalue weighted by molar-refractivity contribution is -0.120. The van der Waals surface area contributed by atoms with E-state index >= 15 is 0 Å². The van der Waals surface area contributed by atoms with Crippen molar-refractivity contribution in [1.29, 1.82) is 0 Å². The number of Topliss-reactive ketones (excluding diaryl/α,β-unsaturated/α-hetero) is 1. The van der Waals surface area contributed by atoms with Crippen molar-refractivity contribution in [3.05, 3.63) is 30.0 Å². The molecule has 1 aromatic heterocycles. The third-order valence-electron chi connectivity index (χ3n) is 3.87. The maximum Gasteiger partial charge on any atom is 0.136 e. The number of nitrogens with one attached hydrogen (secondary N) is 1. The summed E-state index contributed by atoms with van der Waals surface area (Å²) in [5, 5.41) is 1.19. The molecule has 3 rings (SSSR count). The number of hydrogen-bond acceptors (Lipinski definition) is 2. The van der Waals surface area contributed by atoms with E-state index in [2.05, 4.69) is 4.98 Å². The van der Waals surface area contributed by atoms with Crippen molar-refractivity contribution in [1.82, 2.24) is 4.98 Å². The molecule has 0 saturated heterocycles. The van der Waals surface area contributed by atoms with Crippen LogP contribution in [0.5, 0.6) is 5.75 Å². The Hall–Kier alpha value is -1.77. The Morgan fingerprint density at radius 3 is 3.06 bits per heavy atom. The summed E-state index contributed by atoms with van der Waals surface area (Å²) in [6.07, 6.45) is 3.68. The second-order valence-corrected chi connectivity index (χ2v) is 4.92. The van der Waals surface area contributed by atoms with Crippen LogP contribution in [0.2, 0.25) is 0 Å². The Labute approximate surface area is 106 Å². The number of fused-ring (bicyclic) bond motifs is 1. The zero-order chi connectivity index (χ0) is 12.7. The molecule has 18 heavy (non-hydrogen) atoms. The second kappa shape index (κ2) is 4.16. The van der Waals surface area contributed by atoms with Gasteiger partial charge in [-0.2, -0.15) is 0 Å². The molecule has 1 heterocycles. The number of hydrogen-bond donors (Lipinski definition) is 1. The van der Waals surface area contributed by atoms with Crippen molar-refractivity contribution in [3.63, 3.8) is 0 Å². The maximum atomic E-state index is 11.7. The average molecular weight is 243 g/mol. The normalized spacial score (nSPS) is 22.1. The van der Waals surface area contributed by atoms with Crippen molar-refractivity contribution in [3.8, 4) is 5.75 Å². The fourth-order valence-electron chi connectivity index (χ4n) is 2.71. The molecule has 0 bridgehead atoms. The molecule has 94 valence electrons. The standard InChI is InChI=1S/C15H17NO2/c1-3-15(17)12-7-10(12)13-8-16-14-5-4-9(18-2)6-11(13)14/h4-6,8,10,12,16H,3,7H2,1-2H3. The summed E-state index contributed by atoms with van der Waals surface area (Å²) in [4.78, 5) is 15.0. The van der Waals surface area contributed by atoms with E-state index in [1.165, 1.54) is 10.9 Å². The molecule has 3 nitrogen and oxygen atoms in total. The highest BCUT2D eigenvalue weighted by molar-refractivity contribution is 5.89. The van der Waals surface area contributed by atoms with E-state index in [1.54, 1.807) is 7.11 Å². The number of methoxy groups -OCH3 is 1. The number of aromatic nitrogens is 1. The molecule has 2 unspecified atom stereocenters. The van der Waals surface area contributed by atoms with Crippen LogP contribution in [0, 0.1) is 5.92 Å². The van der Waals surface area contributed by atoms with E-state index in [9.17, 15) is 4.79 Å². The van der Waals surface area contributed by atoms with Crippen LogP contribution >= 0.6 is 0 Å². The molecule has 0 spiro atoms. The van der Waals surface area contributed by atoms with Gasteiger partial charge in [0.25, 0.3) is 0 Å². The van der Waals surface area contributed by atoms with Crippen LogP contribution in [0.3, 0.4) is 0 Å². The summed E-state index contributed by atoms with van der Waals surface area (Å²) >= 11 is 0. The van der Waals surface area contributed by atoms with Crippen molar-refractivity contribution in [2.45, 2.75) is 25.7 Å². The van der Waals surface area contributed by atoms with Crippen LogP contribution < -0.4 is 4.74 Å². The van der Waals surface area contributed by atoms with Crippen LogP contribution in [0.15, 0.2) is 24.4 Å². The lowest BCUT2D eigenvalue weighted by Gasteiger charge is -2.01. The number of benzene rings is 1. The number of H-pyrrole nitrogens is 1. The first-order valence-electron chi connectivity index (χ1n) is 6.42. The lowest BCUT2D eigenvalue weighted by atomic mass is 10.1. The van der Waals surface area contributed by atoms with Gasteiger partial charge >= 0.3 is 0 Å².